The summed E-state index contributed by atoms with van der Waals surface area (Å²) in [5.41, 5.74) is 1.19. The molecule has 0 aliphatic carbocycles. The first-order valence-corrected chi connectivity index (χ1v) is 7.93. The number of thiazole rings is 1. The molecule has 0 bridgehead atoms. The Kier molecular flexibility index (Phi) is 4.24. The molecule has 3 rings (SSSR count). The largest absolute Gasteiger partial charge is 0.481 e. The van der Waals surface area contributed by atoms with Crippen LogP contribution in [0.15, 0.2) is 36.5 Å². The summed E-state index contributed by atoms with van der Waals surface area (Å²) in [6.07, 6.45) is 1.60. The molecular weight excluding hydrogens is 308 g/mol. The molecule has 0 saturated carbocycles. The van der Waals surface area contributed by atoms with Gasteiger partial charge in [-0.05, 0) is 5.56 Å². The van der Waals surface area contributed by atoms with E-state index in [0.29, 0.717) is 17.4 Å². The third kappa shape index (κ3) is 3.26. The van der Waals surface area contributed by atoms with Crippen LogP contribution in [0.25, 0.3) is 0 Å². The van der Waals surface area contributed by atoms with E-state index in [1.54, 1.807) is 6.20 Å². The number of aromatic nitrogens is 1. The Morgan fingerprint density at radius 2 is 2.14 bits per heavy atom. The summed E-state index contributed by atoms with van der Waals surface area (Å²) < 4.78 is 0.607. The molecule has 6 heteroatoms. The van der Waals surface area contributed by atoms with Gasteiger partial charge < -0.3 is 5.11 Å². The van der Waals surface area contributed by atoms with Gasteiger partial charge in [-0.2, -0.15) is 0 Å². The van der Waals surface area contributed by atoms with E-state index in [-0.39, 0.29) is 5.92 Å². The zero-order valence-corrected chi connectivity index (χ0v) is 12.8. The molecule has 4 nitrogen and oxygen atoms in total. The van der Waals surface area contributed by atoms with E-state index >= 15 is 0 Å². The van der Waals surface area contributed by atoms with Crippen molar-refractivity contribution in [2.45, 2.75) is 12.5 Å². The standard InChI is InChI=1S/C15H15ClN2O2S/c16-13-6-17-14(21-13)11-8-18(9-12(11)15(19)20)7-10-4-2-1-3-5-10/h1-6,11-12H,7-9H2,(H,19,20). The van der Waals surface area contributed by atoms with Gasteiger partial charge in [0, 0.05) is 25.6 Å². The number of hydrogen-bond donors (Lipinski definition) is 1. The number of nitrogens with zero attached hydrogens (tertiary/aromatic N) is 2. The summed E-state index contributed by atoms with van der Waals surface area (Å²) in [7, 11) is 0. The van der Waals surface area contributed by atoms with E-state index < -0.39 is 11.9 Å². The Morgan fingerprint density at radius 3 is 2.76 bits per heavy atom. The third-order valence-corrected chi connectivity index (χ3v) is 5.02. The summed E-state index contributed by atoms with van der Waals surface area (Å²) in [5, 5.41) is 10.3. The van der Waals surface area contributed by atoms with Crippen LogP contribution in [0, 0.1) is 5.92 Å². The first-order valence-electron chi connectivity index (χ1n) is 6.74. The van der Waals surface area contributed by atoms with Gasteiger partial charge in [0.15, 0.2) is 0 Å². The highest BCUT2D eigenvalue weighted by molar-refractivity contribution is 7.15. The van der Waals surface area contributed by atoms with Crippen molar-refractivity contribution in [1.29, 1.82) is 0 Å². The van der Waals surface area contributed by atoms with Crippen molar-refractivity contribution < 1.29 is 9.90 Å². The molecule has 1 aromatic carbocycles. The van der Waals surface area contributed by atoms with Crippen molar-refractivity contribution in [2.75, 3.05) is 13.1 Å². The lowest BCUT2D eigenvalue weighted by molar-refractivity contribution is -0.141. The predicted octanol–water partition coefficient (Wildman–Crippen LogP) is 3.10. The quantitative estimate of drug-likeness (QED) is 0.939. The fraction of sp³-hybridized carbons (Fsp3) is 0.333. The average Bonchev–Trinajstić information content (AvgIpc) is 3.06. The highest BCUT2D eigenvalue weighted by atomic mass is 35.5. The van der Waals surface area contributed by atoms with Gasteiger partial charge in [-0.25, -0.2) is 4.98 Å². The van der Waals surface area contributed by atoms with E-state index in [1.165, 1.54) is 16.9 Å². The van der Waals surface area contributed by atoms with Crippen LogP contribution in [0.4, 0.5) is 0 Å². The van der Waals surface area contributed by atoms with Gasteiger partial charge in [0.25, 0.3) is 0 Å². The van der Waals surface area contributed by atoms with Gasteiger partial charge >= 0.3 is 5.97 Å². The van der Waals surface area contributed by atoms with Crippen LogP contribution in [0.5, 0.6) is 0 Å². The van der Waals surface area contributed by atoms with Crippen molar-refractivity contribution in [2.24, 2.45) is 5.92 Å². The lowest BCUT2D eigenvalue weighted by Crippen LogP contribution is -2.23. The molecule has 2 aromatic rings. The van der Waals surface area contributed by atoms with E-state index in [0.717, 1.165) is 11.6 Å². The summed E-state index contributed by atoms with van der Waals surface area (Å²) in [6.45, 7) is 2.02. The Bertz CT molecular complexity index is 632. The van der Waals surface area contributed by atoms with Crippen LogP contribution in [0.1, 0.15) is 16.5 Å². The minimum atomic E-state index is -0.762. The average molecular weight is 323 g/mol. The highest BCUT2D eigenvalue weighted by Crippen LogP contribution is 2.36. The van der Waals surface area contributed by atoms with Crippen molar-refractivity contribution >= 4 is 28.9 Å². The van der Waals surface area contributed by atoms with Crippen molar-refractivity contribution in [3.8, 4) is 0 Å². The normalized spacial score (nSPS) is 22.5. The second kappa shape index (κ2) is 6.13. The molecule has 1 aliphatic rings. The number of halogens is 1. The lowest BCUT2D eigenvalue weighted by atomic mass is 9.97. The Balaban J connectivity index is 1.76. The van der Waals surface area contributed by atoms with Gasteiger partial charge in [-0.3, -0.25) is 9.69 Å². The Morgan fingerprint density at radius 1 is 1.38 bits per heavy atom. The van der Waals surface area contributed by atoms with Crippen molar-refractivity contribution in [3.05, 3.63) is 51.4 Å². The molecule has 110 valence electrons. The summed E-state index contributed by atoms with van der Waals surface area (Å²) in [5.74, 6) is -1.26. The first kappa shape index (κ1) is 14.5. The molecule has 1 aromatic heterocycles. The van der Waals surface area contributed by atoms with Crippen LogP contribution in [0.3, 0.4) is 0 Å². The summed E-state index contributed by atoms with van der Waals surface area (Å²) >= 11 is 7.31. The fourth-order valence-corrected chi connectivity index (χ4v) is 3.88. The minimum Gasteiger partial charge on any atom is -0.481 e. The van der Waals surface area contributed by atoms with Gasteiger partial charge in [-0.15, -0.1) is 11.3 Å². The summed E-state index contributed by atoms with van der Waals surface area (Å²) in [6, 6.07) is 10.1. The maximum Gasteiger partial charge on any atom is 0.308 e. The molecule has 2 atom stereocenters. The molecule has 0 spiro atoms. The van der Waals surface area contributed by atoms with E-state index in [2.05, 4.69) is 22.0 Å². The SMILES string of the molecule is O=C(O)C1CN(Cc2ccccc2)CC1c1ncc(Cl)s1. The summed E-state index contributed by atoms with van der Waals surface area (Å²) in [4.78, 5) is 18.0. The zero-order valence-electron chi connectivity index (χ0n) is 11.3. The molecule has 1 N–H and O–H groups in total. The number of hydrogen-bond acceptors (Lipinski definition) is 4. The zero-order chi connectivity index (χ0) is 14.8. The third-order valence-electron chi connectivity index (χ3n) is 3.77. The molecule has 1 fully saturated rings. The van der Waals surface area contributed by atoms with Gasteiger partial charge in [0.05, 0.1) is 17.1 Å². The monoisotopic (exact) mass is 322 g/mol. The second-order valence-electron chi connectivity index (χ2n) is 5.23. The van der Waals surface area contributed by atoms with E-state index in [4.69, 9.17) is 11.6 Å². The molecule has 2 unspecified atom stereocenters. The van der Waals surface area contributed by atoms with Crippen LogP contribution < -0.4 is 0 Å². The van der Waals surface area contributed by atoms with Crippen molar-refractivity contribution in [3.63, 3.8) is 0 Å². The first-order chi connectivity index (χ1) is 10.1. The number of carboxylic acid groups (broad SMARTS) is 1. The maximum absolute atomic E-state index is 11.5. The van der Waals surface area contributed by atoms with Crippen LogP contribution >= 0.6 is 22.9 Å². The lowest BCUT2D eigenvalue weighted by Gasteiger charge is -2.15. The molecule has 0 amide bonds. The fourth-order valence-electron chi connectivity index (χ4n) is 2.79. The Hall–Kier alpha value is -1.43. The number of benzene rings is 1. The number of rotatable bonds is 4. The number of aliphatic carboxylic acids is 1. The van der Waals surface area contributed by atoms with Gasteiger partial charge in [0.1, 0.15) is 4.34 Å². The predicted molar refractivity (Wildman–Crippen MR) is 82.7 cm³/mol. The van der Waals surface area contributed by atoms with Crippen LogP contribution in [-0.4, -0.2) is 34.0 Å². The minimum absolute atomic E-state index is 0.0799. The molecule has 1 aliphatic heterocycles. The topological polar surface area (TPSA) is 53.4 Å². The smallest absolute Gasteiger partial charge is 0.308 e. The number of carboxylic acids is 1. The van der Waals surface area contributed by atoms with E-state index in [9.17, 15) is 9.90 Å². The second-order valence-corrected chi connectivity index (χ2v) is 6.93. The Labute approximate surface area is 132 Å². The molecular formula is C15H15ClN2O2S. The van der Waals surface area contributed by atoms with Gasteiger partial charge in [0.2, 0.25) is 0 Å². The van der Waals surface area contributed by atoms with E-state index in [1.807, 2.05) is 18.2 Å². The number of likely N-dealkylation sites (tertiary alicyclic amines) is 1. The molecule has 21 heavy (non-hydrogen) atoms. The van der Waals surface area contributed by atoms with Crippen molar-refractivity contribution in [1.82, 2.24) is 9.88 Å². The maximum atomic E-state index is 11.5. The van der Waals surface area contributed by atoms with Crippen LogP contribution in [-0.2, 0) is 11.3 Å². The highest BCUT2D eigenvalue weighted by Gasteiger charge is 2.40. The van der Waals surface area contributed by atoms with Crippen LogP contribution in [0.2, 0.25) is 4.34 Å². The number of carbonyl (C=O) groups is 1. The molecule has 1 saturated heterocycles. The molecule has 2 heterocycles. The van der Waals surface area contributed by atoms with Gasteiger partial charge in [-0.1, -0.05) is 41.9 Å². The molecule has 0 radical (unpaired) electrons.